The van der Waals surface area contributed by atoms with Crippen molar-refractivity contribution in [2.24, 2.45) is 0 Å². The Bertz CT molecular complexity index is 460. The van der Waals surface area contributed by atoms with Gasteiger partial charge >= 0.3 is 0 Å². The second kappa shape index (κ2) is 3.50. The lowest BCUT2D eigenvalue weighted by Crippen LogP contribution is -1.94. The van der Waals surface area contributed by atoms with Crippen LogP contribution in [0.25, 0.3) is 10.1 Å². The first-order chi connectivity index (χ1) is 6.74. The normalized spacial score (nSPS) is 10.7. The lowest BCUT2D eigenvalue weighted by Gasteiger charge is -2.08. The summed E-state index contributed by atoms with van der Waals surface area (Å²) in [6.07, 6.45) is 0. The number of thiophene rings is 1. The number of aryl methyl sites for hydroxylation is 1. The molecular formula is C11H12O2S. The molecule has 0 aliphatic rings. The number of hydrogen-bond donors (Lipinski definition) is 1. The number of fused-ring (bicyclic) bond motifs is 1. The molecule has 2 nitrogen and oxygen atoms in total. The molecule has 2 aromatic rings. The van der Waals surface area contributed by atoms with E-state index in [0.29, 0.717) is 12.4 Å². The van der Waals surface area contributed by atoms with Crippen molar-refractivity contribution in [2.75, 3.05) is 6.61 Å². The molecule has 0 spiro atoms. The molecule has 0 fully saturated rings. The molecule has 0 unspecified atom stereocenters. The largest absolute Gasteiger partial charge is 0.506 e. The fraction of sp³-hybridized carbons (Fsp3) is 0.273. The van der Waals surface area contributed by atoms with E-state index in [1.165, 1.54) is 11.3 Å². The average molecular weight is 208 g/mol. The van der Waals surface area contributed by atoms with Crippen LogP contribution in [0.3, 0.4) is 0 Å². The summed E-state index contributed by atoms with van der Waals surface area (Å²) in [5.74, 6) is 1.13. The van der Waals surface area contributed by atoms with Gasteiger partial charge in [-0.3, -0.25) is 0 Å². The van der Waals surface area contributed by atoms with Gasteiger partial charge in [-0.1, -0.05) is 6.07 Å². The van der Waals surface area contributed by atoms with E-state index in [1.807, 2.05) is 26.0 Å². The first-order valence-electron chi connectivity index (χ1n) is 4.56. The Morgan fingerprint density at radius 2 is 2.21 bits per heavy atom. The van der Waals surface area contributed by atoms with Crippen LogP contribution < -0.4 is 4.74 Å². The third-order valence-electron chi connectivity index (χ3n) is 2.16. The molecule has 0 aliphatic heterocycles. The van der Waals surface area contributed by atoms with Gasteiger partial charge in [-0.25, -0.2) is 0 Å². The molecule has 3 heteroatoms. The maximum absolute atomic E-state index is 9.67. The van der Waals surface area contributed by atoms with Crippen molar-refractivity contribution in [3.8, 4) is 11.5 Å². The van der Waals surface area contributed by atoms with E-state index in [1.54, 1.807) is 5.38 Å². The highest BCUT2D eigenvalue weighted by Crippen LogP contribution is 2.39. The van der Waals surface area contributed by atoms with Crippen molar-refractivity contribution in [3.63, 3.8) is 0 Å². The minimum absolute atomic E-state index is 0.317. The van der Waals surface area contributed by atoms with Crippen molar-refractivity contribution in [1.29, 1.82) is 0 Å². The van der Waals surface area contributed by atoms with Crippen LogP contribution in [0.1, 0.15) is 12.5 Å². The Morgan fingerprint density at radius 1 is 1.43 bits per heavy atom. The molecule has 1 aromatic heterocycles. The number of rotatable bonds is 2. The van der Waals surface area contributed by atoms with E-state index in [0.717, 1.165) is 21.4 Å². The molecule has 0 amide bonds. The molecule has 0 saturated heterocycles. The van der Waals surface area contributed by atoms with Crippen LogP contribution in [0.4, 0.5) is 0 Å². The zero-order valence-corrected chi connectivity index (χ0v) is 9.02. The molecule has 0 radical (unpaired) electrons. The Labute approximate surface area is 86.8 Å². The quantitative estimate of drug-likeness (QED) is 0.820. The lowest BCUT2D eigenvalue weighted by molar-refractivity contribution is 0.341. The van der Waals surface area contributed by atoms with Crippen LogP contribution >= 0.6 is 11.3 Å². The van der Waals surface area contributed by atoms with Crippen LogP contribution in [-0.4, -0.2) is 11.7 Å². The van der Waals surface area contributed by atoms with Gasteiger partial charge in [-0.15, -0.1) is 11.3 Å². The fourth-order valence-electron chi connectivity index (χ4n) is 1.52. The fourth-order valence-corrected chi connectivity index (χ4v) is 2.34. The zero-order valence-electron chi connectivity index (χ0n) is 8.20. The molecule has 0 aliphatic carbocycles. The van der Waals surface area contributed by atoms with Crippen LogP contribution in [0.5, 0.6) is 11.5 Å². The van der Waals surface area contributed by atoms with Crippen LogP contribution in [0.15, 0.2) is 17.5 Å². The highest BCUT2D eigenvalue weighted by molar-refractivity contribution is 7.17. The smallest absolute Gasteiger partial charge is 0.137 e. The van der Waals surface area contributed by atoms with E-state index in [2.05, 4.69) is 0 Å². The third-order valence-corrected chi connectivity index (χ3v) is 3.09. The lowest BCUT2D eigenvalue weighted by atomic mass is 10.1. The monoisotopic (exact) mass is 208 g/mol. The van der Waals surface area contributed by atoms with Gasteiger partial charge in [0.2, 0.25) is 0 Å². The van der Waals surface area contributed by atoms with Gasteiger partial charge in [0.05, 0.1) is 12.0 Å². The first kappa shape index (κ1) is 9.34. The van der Waals surface area contributed by atoms with Gasteiger partial charge in [0.25, 0.3) is 0 Å². The summed E-state index contributed by atoms with van der Waals surface area (Å²) in [5.41, 5.74) is 1.06. The maximum atomic E-state index is 9.67. The highest BCUT2D eigenvalue weighted by Gasteiger charge is 2.11. The molecule has 1 heterocycles. The number of hydrogen-bond acceptors (Lipinski definition) is 3. The molecule has 1 N–H and O–H groups in total. The summed E-state index contributed by atoms with van der Waals surface area (Å²) in [6.45, 7) is 4.55. The topological polar surface area (TPSA) is 29.5 Å². The second-order valence-electron chi connectivity index (χ2n) is 3.14. The average Bonchev–Trinajstić information content (AvgIpc) is 2.53. The molecule has 0 saturated carbocycles. The predicted octanol–water partition coefficient (Wildman–Crippen LogP) is 3.31. The van der Waals surface area contributed by atoms with E-state index < -0.39 is 0 Å². The van der Waals surface area contributed by atoms with Crippen molar-refractivity contribution in [3.05, 3.63) is 23.1 Å². The third kappa shape index (κ3) is 1.34. The highest BCUT2D eigenvalue weighted by atomic mass is 32.1. The SMILES string of the molecule is CCOc1c(C)ccc2scc(O)c12. The minimum Gasteiger partial charge on any atom is -0.506 e. The van der Waals surface area contributed by atoms with Crippen molar-refractivity contribution in [2.45, 2.75) is 13.8 Å². The standard InChI is InChI=1S/C11H12O2S/c1-3-13-11-7(2)4-5-9-10(11)8(12)6-14-9/h4-6,12H,3H2,1-2H3. The predicted molar refractivity (Wildman–Crippen MR) is 59.4 cm³/mol. The van der Waals surface area contributed by atoms with Crippen LogP contribution in [-0.2, 0) is 0 Å². The molecular weight excluding hydrogens is 196 g/mol. The minimum atomic E-state index is 0.317. The Balaban J connectivity index is 2.73. The number of benzene rings is 1. The van der Waals surface area contributed by atoms with Crippen molar-refractivity contribution < 1.29 is 9.84 Å². The Morgan fingerprint density at radius 3 is 2.93 bits per heavy atom. The van der Waals surface area contributed by atoms with Crippen LogP contribution in [0, 0.1) is 6.92 Å². The molecule has 0 bridgehead atoms. The summed E-state index contributed by atoms with van der Waals surface area (Å²) in [4.78, 5) is 0. The van der Waals surface area contributed by atoms with E-state index >= 15 is 0 Å². The summed E-state index contributed by atoms with van der Waals surface area (Å²) in [7, 11) is 0. The van der Waals surface area contributed by atoms with Gasteiger partial charge < -0.3 is 9.84 Å². The van der Waals surface area contributed by atoms with Gasteiger partial charge in [-0.05, 0) is 25.5 Å². The second-order valence-corrected chi connectivity index (χ2v) is 4.05. The number of aromatic hydroxyl groups is 1. The Kier molecular flexibility index (Phi) is 2.33. The molecule has 0 atom stereocenters. The molecule has 1 aromatic carbocycles. The van der Waals surface area contributed by atoms with Gasteiger partial charge in [-0.2, -0.15) is 0 Å². The number of ether oxygens (including phenoxy) is 1. The van der Waals surface area contributed by atoms with Gasteiger partial charge in [0.15, 0.2) is 0 Å². The van der Waals surface area contributed by atoms with Gasteiger partial charge in [0, 0.05) is 10.1 Å². The summed E-state index contributed by atoms with van der Waals surface area (Å²) in [6, 6.07) is 4.03. The van der Waals surface area contributed by atoms with E-state index in [9.17, 15) is 5.11 Å². The molecule has 14 heavy (non-hydrogen) atoms. The van der Waals surface area contributed by atoms with Gasteiger partial charge in [0.1, 0.15) is 11.5 Å². The van der Waals surface area contributed by atoms with E-state index in [4.69, 9.17) is 4.74 Å². The molecule has 74 valence electrons. The van der Waals surface area contributed by atoms with Crippen molar-refractivity contribution in [1.82, 2.24) is 0 Å². The summed E-state index contributed by atoms with van der Waals surface area (Å²) < 4.78 is 6.60. The zero-order chi connectivity index (χ0) is 10.1. The maximum Gasteiger partial charge on any atom is 0.137 e. The Hall–Kier alpha value is -1.22. The molecule has 2 rings (SSSR count). The first-order valence-corrected chi connectivity index (χ1v) is 5.44. The van der Waals surface area contributed by atoms with Crippen LogP contribution in [0.2, 0.25) is 0 Å². The van der Waals surface area contributed by atoms with E-state index in [-0.39, 0.29) is 0 Å². The van der Waals surface area contributed by atoms with Crippen molar-refractivity contribution >= 4 is 21.4 Å². The summed E-state index contributed by atoms with van der Waals surface area (Å²) in [5, 5.41) is 12.3. The summed E-state index contributed by atoms with van der Waals surface area (Å²) >= 11 is 1.53.